The molecule has 114 valence electrons. The molecule has 0 aromatic carbocycles. The van der Waals surface area contributed by atoms with Crippen LogP contribution in [0.5, 0.6) is 0 Å². The van der Waals surface area contributed by atoms with Crippen LogP contribution in [0.25, 0.3) is 0 Å². The van der Waals surface area contributed by atoms with Crippen molar-refractivity contribution < 1.29 is 9.59 Å². The molecule has 2 rings (SSSR count). The van der Waals surface area contributed by atoms with Crippen LogP contribution in [0.1, 0.15) is 46.5 Å². The van der Waals surface area contributed by atoms with Crippen molar-refractivity contribution in [2.45, 2.75) is 46.5 Å². The second kappa shape index (κ2) is 6.25. The minimum Gasteiger partial charge on any atom is -0.341 e. The number of hydrogen-bond donors (Lipinski definition) is 0. The highest BCUT2D eigenvalue weighted by molar-refractivity contribution is 5.84. The lowest BCUT2D eigenvalue weighted by atomic mass is 9.75. The van der Waals surface area contributed by atoms with Gasteiger partial charge >= 0.3 is 0 Å². The zero-order chi connectivity index (χ0) is 14.8. The Hall–Kier alpha value is -0.900. The summed E-state index contributed by atoms with van der Waals surface area (Å²) in [6, 6.07) is 0. The minimum absolute atomic E-state index is 0.201. The first-order valence-corrected chi connectivity index (χ1v) is 7.88. The maximum Gasteiger partial charge on any atom is 0.236 e. The van der Waals surface area contributed by atoms with Crippen molar-refractivity contribution in [3.8, 4) is 0 Å². The van der Waals surface area contributed by atoms with E-state index in [2.05, 4.69) is 25.7 Å². The molecule has 0 saturated carbocycles. The van der Waals surface area contributed by atoms with Gasteiger partial charge in [-0.15, -0.1) is 0 Å². The van der Waals surface area contributed by atoms with Gasteiger partial charge in [-0.25, -0.2) is 0 Å². The summed E-state index contributed by atoms with van der Waals surface area (Å²) in [7, 11) is 0. The maximum atomic E-state index is 12.2. The topological polar surface area (TPSA) is 40.6 Å². The van der Waals surface area contributed by atoms with Crippen LogP contribution in [0, 0.1) is 11.3 Å². The van der Waals surface area contributed by atoms with E-state index in [9.17, 15) is 9.59 Å². The van der Waals surface area contributed by atoms with Crippen molar-refractivity contribution >= 4 is 11.7 Å². The number of carbonyl (C=O) groups is 2. The van der Waals surface area contributed by atoms with E-state index in [0.717, 1.165) is 19.0 Å². The summed E-state index contributed by atoms with van der Waals surface area (Å²) in [5, 5.41) is 0. The van der Waals surface area contributed by atoms with Crippen molar-refractivity contribution in [2.75, 3.05) is 32.7 Å². The highest BCUT2D eigenvalue weighted by atomic mass is 16.2. The van der Waals surface area contributed by atoms with Crippen LogP contribution in [-0.2, 0) is 9.59 Å². The van der Waals surface area contributed by atoms with Crippen molar-refractivity contribution in [1.82, 2.24) is 9.80 Å². The van der Waals surface area contributed by atoms with E-state index >= 15 is 0 Å². The second-order valence-corrected chi connectivity index (χ2v) is 7.34. The summed E-state index contributed by atoms with van der Waals surface area (Å²) >= 11 is 0. The summed E-state index contributed by atoms with van der Waals surface area (Å²) < 4.78 is 0. The quantitative estimate of drug-likeness (QED) is 0.776. The molecule has 0 bridgehead atoms. The van der Waals surface area contributed by atoms with Crippen molar-refractivity contribution in [1.29, 1.82) is 0 Å². The van der Waals surface area contributed by atoms with Crippen LogP contribution in [0.15, 0.2) is 0 Å². The number of rotatable bonds is 2. The van der Waals surface area contributed by atoms with Gasteiger partial charge in [-0.2, -0.15) is 0 Å². The fraction of sp³-hybridized carbons (Fsp3) is 0.875. The summed E-state index contributed by atoms with van der Waals surface area (Å²) in [4.78, 5) is 27.6. The zero-order valence-corrected chi connectivity index (χ0v) is 13.2. The Balaban J connectivity index is 1.75. The van der Waals surface area contributed by atoms with Gasteiger partial charge in [0, 0.05) is 25.9 Å². The smallest absolute Gasteiger partial charge is 0.236 e. The average Bonchev–Trinajstić information content (AvgIpc) is 2.39. The Morgan fingerprint density at radius 2 is 1.65 bits per heavy atom. The van der Waals surface area contributed by atoms with E-state index in [1.165, 1.54) is 12.8 Å². The summed E-state index contributed by atoms with van der Waals surface area (Å²) in [5.74, 6) is 1.26. The number of carbonyl (C=O) groups excluding carboxylic acids is 2. The molecule has 0 spiro atoms. The molecule has 2 aliphatic heterocycles. The van der Waals surface area contributed by atoms with E-state index in [1.54, 1.807) is 0 Å². The Morgan fingerprint density at radius 1 is 1.10 bits per heavy atom. The SMILES string of the molecule is CC(C)(C)C1CCN(CC(=O)N2CCC(=O)CC2)CC1. The lowest BCUT2D eigenvalue weighted by Gasteiger charge is -2.39. The maximum absolute atomic E-state index is 12.2. The Kier molecular flexibility index (Phi) is 4.84. The largest absolute Gasteiger partial charge is 0.341 e. The van der Waals surface area contributed by atoms with E-state index < -0.39 is 0 Å². The molecule has 0 N–H and O–H groups in total. The summed E-state index contributed by atoms with van der Waals surface area (Å²) in [6.45, 7) is 10.8. The van der Waals surface area contributed by atoms with Crippen LogP contribution >= 0.6 is 0 Å². The number of likely N-dealkylation sites (tertiary alicyclic amines) is 2. The lowest BCUT2D eigenvalue weighted by molar-refractivity contribution is -0.135. The Labute approximate surface area is 122 Å². The van der Waals surface area contributed by atoms with Gasteiger partial charge in [0.25, 0.3) is 0 Å². The third-order valence-corrected chi connectivity index (χ3v) is 4.85. The molecule has 1 amide bonds. The molecule has 0 aliphatic carbocycles. The summed E-state index contributed by atoms with van der Waals surface area (Å²) in [6.07, 6.45) is 3.46. The standard InChI is InChI=1S/C16H28N2O2/c1-16(2,3)13-4-8-17(9-5-13)12-15(20)18-10-6-14(19)7-11-18/h13H,4-12H2,1-3H3. The molecule has 4 heteroatoms. The van der Waals surface area contributed by atoms with Gasteiger partial charge in [-0.3, -0.25) is 14.5 Å². The van der Waals surface area contributed by atoms with Crippen LogP contribution < -0.4 is 0 Å². The number of nitrogens with zero attached hydrogens (tertiary/aromatic N) is 2. The molecular formula is C16H28N2O2. The van der Waals surface area contributed by atoms with Crippen molar-refractivity contribution in [2.24, 2.45) is 11.3 Å². The molecule has 2 heterocycles. The van der Waals surface area contributed by atoms with Gasteiger partial charge in [-0.05, 0) is 37.3 Å². The van der Waals surface area contributed by atoms with Crippen molar-refractivity contribution in [3.05, 3.63) is 0 Å². The number of ketones is 1. The van der Waals surface area contributed by atoms with Gasteiger partial charge < -0.3 is 4.90 Å². The molecule has 2 fully saturated rings. The Morgan fingerprint density at radius 3 is 2.15 bits per heavy atom. The van der Waals surface area contributed by atoms with E-state index in [4.69, 9.17) is 0 Å². The number of piperidine rings is 2. The number of hydrogen-bond acceptors (Lipinski definition) is 3. The van der Waals surface area contributed by atoms with E-state index in [0.29, 0.717) is 43.7 Å². The predicted molar refractivity (Wildman–Crippen MR) is 79.4 cm³/mol. The number of amides is 1. The molecule has 0 aromatic rings. The first-order chi connectivity index (χ1) is 9.36. The zero-order valence-electron chi connectivity index (χ0n) is 13.2. The van der Waals surface area contributed by atoms with Crippen LogP contribution in [0.3, 0.4) is 0 Å². The van der Waals surface area contributed by atoms with Crippen molar-refractivity contribution in [3.63, 3.8) is 0 Å². The first-order valence-electron chi connectivity index (χ1n) is 7.88. The summed E-state index contributed by atoms with van der Waals surface area (Å²) in [5.41, 5.74) is 0.378. The molecule has 2 saturated heterocycles. The molecular weight excluding hydrogens is 252 g/mol. The second-order valence-electron chi connectivity index (χ2n) is 7.34. The molecule has 0 aromatic heterocycles. The van der Waals surface area contributed by atoms with Crippen LogP contribution in [0.2, 0.25) is 0 Å². The lowest BCUT2D eigenvalue weighted by Crippen LogP contribution is -2.47. The fourth-order valence-electron chi connectivity index (χ4n) is 3.25. The highest BCUT2D eigenvalue weighted by Crippen LogP contribution is 2.34. The minimum atomic E-state index is 0.201. The van der Waals surface area contributed by atoms with Gasteiger partial charge in [0.05, 0.1) is 6.54 Å². The molecule has 0 unspecified atom stereocenters. The molecule has 0 radical (unpaired) electrons. The fourth-order valence-corrected chi connectivity index (χ4v) is 3.25. The van der Waals surface area contributed by atoms with Gasteiger partial charge in [0.1, 0.15) is 5.78 Å². The van der Waals surface area contributed by atoms with E-state index in [1.807, 2.05) is 4.90 Å². The normalized spacial score (nSPS) is 23.1. The molecule has 4 nitrogen and oxygen atoms in total. The highest BCUT2D eigenvalue weighted by Gasteiger charge is 2.30. The average molecular weight is 280 g/mol. The molecule has 20 heavy (non-hydrogen) atoms. The molecule has 0 atom stereocenters. The Bertz CT molecular complexity index is 355. The van der Waals surface area contributed by atoms with Gasteiger partial charge in [-0.1, -0.05) is 20.8 Å². The van der Waals surface area contributed by atoms with Crippen LogP contribution in [0.4, 0.5) is 0 Å². The molecule has 2 aliphatic rings. The monoisotopic (exact) mass is 280 g/mol. The first kappa shape index (κ1) is 15.5. The third-order valence-electron chi connectivity index (χ3n) is 4.85. The third kappa shape index (κ3) is 4.05. The predicted octanol–water partition coefficient (Wildman–Crippen LogP) is 1.94. The van der Waals surface area contributed by atoms with Gasteiger partial charge in [0.15, 0.2) is 0 Å². The van der Waals surface area contributed by atoms with Crippen LogP contribution in [-0.4, -0.2) is 54.2 Å². The van der Waals surface area contributed by atoms with Gasteiger partial charge in [0.2, 0.25) is 5.91 Å². The number of Topliss-reactive ketones (excluding diaryl/α,β-unsaturated/α-hetero) is 1. The van der Waals surface area contributed by atoms with E-state index in [-0.39, 0.29) is 5.91 Å².